The monoisotopic (exact) mass is 441 g/mol. The zero-order chi connectivity index (χ0) is 22.0. The number of rotatable bonds is 8. The van der Waals surface area contributed by atoms with E-state index in [2.05, 4.69) is 10.0 Å². The number of carbonyl (C=O) groups excluding carboxylic acids is 2. The smallest absolute Gasteiger partial charge is 0.261 e. The molecule has 0 aromatic heterocycles. The number of fused-ring (bicyclic) bond motifs is 1. The summed E-state index contributed by atoms with van der Waals surface area (Å²) in [6.07, 6.45) is 4.32. The van der Waals surface area contributed by atoms with Crippen LogP contribution in [0.3, 0.4) is 0 Å². The van der Waals surface area contributed by atoms with Crippen molar-refractivity contribution in [2.24, 2.45) is 5.92 Å². The van der Waals surface area contributed by atoms with Crippen molar-refractivity contribution in [1.82, 2.24) is 5.32 Å². The van der Waals surface area contributed by atoms with Crippen LogP contribution >= 0.6 is 0 Å². The van der Waals surface area contributed by atoms with Crippen LogP contribution in [0.2, 0.25) is 0 Å². The molecule has 1 fully saturated rings. The van der Waals surface area contributed by atoms with Crippen molar-refractivity contribution in [2.45, 2.75) is 43.9 Å². The summed E-state index contributed by atoms with van der Waals surface area (Å²) in [6.45, 7) is 3.16. The molecule has 1 saturated carbocycles. The third-order valence-corrected chi connectivity index (χ3v) is 7.04. The molecule has 2 aromatic rings. The maximum Gasteiger partial charge on any atom is 0.261 e. The lowest BCUT2D eigenvalue weighted by molar-refractivity contribution is -0.119. The fraction of sp³-hybridized carbons (Fsp3) is 0.391. The van der Waals surface area contributed by atoms with Gasteiger partial charge in [0.1, 0.15) is 0 Å². The zero-order valence-corrected chi connectivity index (χ0v) is 18.4. The van der Waals surface area contributed by atoms with E-state index in [1.807, 2.05) is 6.92 Å². The Bertz CT molecular complexity index is 1110. The fourth-order valence-corrected chi connectivity index (χ4v) is 4.90. The summed E-state index contributed by atoms with van der Waals surface area (Å²) in [5, 5.41) is 2.82. The van der Waals surface area contributed by atoms with Crippen LogP contribution < -0.4 is 14.9 Å². The van der Waals surface area contributed by atoms with Crippen molar-refractivity contribution < 1.29 is 18.0 Å². The summed E-state index contributed by atoms with van der Waals surface area (Å²) < 4.78 is 28.7. The zero-order valence-electron chi connectivity index (χ0n) is 17.6. The van der Waals surface area contributed by atoms with Gasteiger partial charge in [-0.3, -0.25) is 14.3 Å². The first kappa shape index (κ1) is 21.4. The van der Waals surface area contributed by atoms with Crippen molar-refractivity contribution >= 4 is 33.2 Å². The molecule has 0 bridgehead atoms. The van der Waals surface area contributed by atoms with Crippen LogP contribution in [0.15, 0.2) is 47.4 Å². The molecule has 1 aliphatic heterocycles. The van der Waals surface area contributed by atoms with E-state index in [1.54, 1.807) is 41.3 Å². The normalized spacial score (nSPS) is 15.5. The van der Waals surface area contributed by atoms with Crippen LogP contribution in [0.1, 0.15) is 48.5 Å². The number of benzene rings is 2. The predicted octanol–water partition coefficient (Wildman–Crippen LogP) is 3.32. The van der Waals surface area contributed by atoms with Gasteiger partial charge in [0, 0.05) is 24.7 Å². The third kappa shape index (κ3) is 4.58. The first-order valence-corrected chi connectivity index (χ1v) is 12.2. The Morgan fingerprint density at radius 1 is 1.13 bits per heavy atom. The van der Waals surface area contributed by atoms with E-state index in [1.165, 1.54) is 6.07 Å². The Hall–Kier alpha value is -2.87. The lowest BCUT2D eigenvalue weighted by Gasteiger charge is -2.17. The summed E-state index contributed by atoms with van der Waals surface area (Å²) in [6, 6.07) is 11.4. The second-order valence-electron chi connectivity index (χ2n) is 8.07. The maximum atomic E-state index is 13.0. The molecule has 2 N–H and O–H groups in total. The van der Waals surface area contributed by atoms with E-state index in [9.17, 15) is 18.0 Å². The summed E-state index contributed by atoms with van der Waals surface area (Å²) in [7, 11) is -3.89. The van der Waals surface area contributed by atoms with E-state index in [0.717, 1.165) is 36.9 Å². The van der Waals surface area contributed by atoms with E-state index < -0.39 is 10.0 Å². The molecule has 0 unspecified atom stereocenters. The van der Waals surface area contributed by atoms with Crippen molar-refractivity contribution in [1.29, 1.82) is 0 Å². The van der Waals surface area contributed by atoms with Gasteiger partial charge < -0.3 is 10.2 Å². The minimum absolute atomic E-state index is 0.119. The molecule has 2 aromatic carbocycles. The quantitative estimate of drug-likeness (QED) is 0.615. The summed E-state index contributed by atoms with van der Waals surface area (Å²) >= 11 is 0. The molecule has 7 nitrogen and oxygen atoms in total. The fourth-order valence-electron chi connectivity index (χ4n) is 3.77. The molecule has 2 amide bonds. The van der Waals surface area contributed by atoms with Crippen LogP contribution in [0.25, 0.3) is 0 Å². The van der Waals surface area contributed by atoms with Gasteiger partial charge in [0.05, 0.1) is 16.1 Å². The molecule has 0 saturated heterocycles. The van der Waals surface area contributed by atoms with Gasteiger partial charge in [0.15, 0.2) is 0 Å². The Morgan fingerprint density at radius 3 is 2.65 bits per heavy atom. The number of para-hydroxylation sites is 1. The Balaban J connectivity index is 1.54. The number of nitrogens with one attached hydrogen (secondary N) is 2. The molecular formula is C23H27N3O4S. The largest absolute Gasteiger partial charge is 0.352 e. The number of sulfonamides is 1. The number of amides is 2. The van der Waals surface area contributed by atoms with E-state index >= 15 is 0 Å². The van der Waals surface area contributed by atoms with Gasteiger partial charge in [-0.15, -0.1) is 0 Å². The SMILES string of the molecule is CCCCNC(=O)c1ccccc1NS(=O)(=O)c1ccc2c(c1)CCN2C(=O)C1CC1. The van der Waals surface area contributed by atoms with E-state index in [-0.39, 0.29) is 33.9 Å². The van der Waals surface area contributed by atoms with Gasteiger partial charge in [-0.25, -0.2) is 8.42 Å². The number of carbonyl (C=O) groups is 2. The molecule has 0 spiro atoms. The van der Waals surface area contributed by atoms with Gasteiger partial charge in [-0.05, 0) is 61.6 Å². The lowest BCUT2D eigenvalue weighted by atomic mass is 10.1. The van der Waals surface area contributed by atoms with Crippen LogP contribution in [-0.2, 0) is 21.2 Å². The second kappa shape index (κ2) is 8.70. The van der Waals surface area contributed by atoms with Gasteiger partial charge in [-0.1, -0.05) is 25.5 Å². The van der Waals surface area contributed by atoms with Gasteiger partial charge in [-0.2, -0.15) is 0 Å². The van der Waals surface area contributed by atoms with Crippen molar-refractivity contribution in [3.05, 3.63) is 53.6 Å². The molecule has 8 heteroatoms. The standard InChI is InChI=1S/C23H27N3O4S/c1-2-3-13-24-22(27)19-6-4-5-7-20(19)25-31(29,30)18-10-11-21-17(15-18)12-14-26(21)23(28)16-8-9-16/h4-7,10-11,15-16,25H,2-3,8-9,12-14H2,1H3,(H,24,27). The highest BCUT2D eigenvalue weighted by Crippen LogP contribution is 2.37. The summed E-state index contributed by atoms with van der Waals surface area (Å²) in [5.74, 6) is -0.0542. The van der Waals surface area contributed by atoms with Gasteiger partial charge >= 0.3 is 0 Å². The van der Waals surface area contributed by atoms with Gasteiger partial charge in [0.25, 0.3) is 15.9 Å². The molecule has 4 rings (SSSR count). The van der Waals surface area contributed by atoms with E-state index in [4.69, 9.17) is 0 Å². The molecule has 2 aliphatic rings. The Labute approximate surface area is 182 Å². The topological polar surface area (TPSA) is 95.6 Å². The van der Waals surface area contributed by atoms with Crippen LogP contribution in [0.4, 0.5) is 11.4 Å². The van der Waals surface area contributed by atoms with Gasteiger partial charge in [0.2, 0.25) is 5.91 Å². The molecule has 0 atom stereocenters. The average Bonchev–Trinajstić information content (AvgIpc) is 3.52. The summed E-state index contributed by atoms with van der Waals surface area (Å²) in [5.41, 5.74) is 2.17. The molecule has 0 radical (unpaired) electrons. The van der Waals surface area contributed by atoms with Crippen LogP contribution in [0, 0.1) is 5.92 Å². The molecule has 31 heavy (non-hydrogen) atoms. The molecule has 1 heterocycles. The highest BCUT2D eigenvalue weighted by molar-refractivity contribution is 7.92. The molecular weight excluding hydrogens is 414 g/mol. The first-order chi connectivity index (χ1) is 14.9. The molecule has 164 valence electrons. The number of hydrogen-bond acceptors (Lipinski definition) is 4. The number of anilines is 2. The lowest BCUT2D eigenvalue weighted by Crippen LogP contribution is -2.30. The minimum Gasteiger partial charge on any atom is -0.352 e. The first-order valence-electron chi connectivity index (χ1n) is 10.7. The maximum absolute atomic E-state index is 13.0. The van der Waals surface area contributed by atoms with Crippen LogP contribution in [0.5, 0.6) is 0 Å². The number of hydrogen-bond donors (Lipinski definition) is 2. The minimum atomic E-state index is -3.89. The average molecular weight is 442 g/mol. The second-order valence-corrected chi connectivity index (χ2v) is 9.75. The van der Waals surface area contributed by atoms with Crippen molar-refractivity contribution in [2.75, 3.05) is 22.7 Å². The van der Waals surface area contributed by atoms with Crippen molar-refractivity contribution in [3.63, 3.8) is 0 Å². The van der Waals surface area contributed by atoms with E-state index in [0.29, 0.717) is 19.5 Å². The predicted molar refractivity (Wildman–Crippen MR) is 120 cm³/mol. The summed E-state index contributed by atoms with van der Waals surface area (Å²) in [4.78, 5) is 26.8. The number of nitrogens with zero attached hydrogens (tertiary/aromatic N) is 1. The Morgan fingerprint density at radius 2 is 1.90 bits per heavy atom. The highest BCUT2D eigenvalue weighted by atomic mass is 32.2. The van der Waals surface area contributed by atoms with Crippen molar-refractivity contribution in [3.8, 4) is 0 Å². The third-order valence-electron chi connectivity index (χ3n) is 5.68. The number of unbranched alkanes of at least 4 members (excludes halogenated alkanes) is 1. The van der Waals surface area contributed by atoms with Crippen LogP contribution in [-0.4, -0.2) is 33.3 Å². The molecule has 1 aliphatic carbocycles. The Kier molecular flexibility index (Phi) is 6.00. The highest BCUT2D eigenvalue weighted by Gasteiger charge is 2.36.